The van der Waals surface area contributed by atoms with Crippen LogP contribution in [0.1, 0.15) is 23.3 Å². The average Bonchev–Trinajstić information content (AvgIpc) is 2.56. The Morgan fingerprint density at radius 2 is 1.40 bits per heavy atom. The van der Waals surface area contributed by atoms with Crippen LogP contribution >= 0.6 is 0 Å². The third-order valence-electron chi connectivity index (χ3n) is 3.54. The lowest BCUT2D eigenvalue weighted by molar-refractivity contribution is -0.195. The van der Waals surface area contributed by atoms with Gasteiger partial charge in [-0.25, -0.2) is 0 Å². The Balaban J connectivity index is 1.91. The zero-order chi connectivity index (χ0) is 13.8. The Morgan fingerprint density at radius 3 is 1.95 bits per heavy atom. The predicted octanol–water partition coefficient (Wildman–Crippen LogP) is 2.88. The Labute approximate surface area is 118 Å². The van der Waals surface area contributed by atoms with E-state index in [1.54, 1.807) is 0 Å². The van der Waals surface area contributed by atoms with E-state index in [2.05, 4.69) is 0 Å². The van der Waals surface area contributed by atoms with Gasteiger partial charge in [-0.05, 0) is 11.1 Å². The van der Waals surface area contributed by atoms with E-state index in [-0.39, 0.29) is 24.9 Å². The maximum atomic E-state index is 9.31. The van der Waals surface area contributed by atoms with Crippen LogP contribution in [0.3, 0.4) is 0 Å². The molecule has 3 atom stereocenters. The molecule has 20 heavy (non-hydrogen) atoms. The van der Waals surface area contributed by atoms with Crippen LogP contribution in [0.5, 0.6) is 0 Å². The molecule has 1 aliphatic rings. The van der Waals surface area contributed by atoms with Gasteiger partial charge in [-0.3, -0.25) is 0 Å². The lowest BCUT2D eigenvalue weighted by Gasteiger charge is -2.36. The summed E-state index contributed by atoms with van der Waals surface area (Å²) in [5, 5.41) is 9.31. The summed E-state index contributed by atoms with van der Waals surface area (Å²) in [4.78, 5) is 0. The van der Waals surface area contributed by atoms with Crippen LogP contribution in [0.15, 0.2) is 60.7 Å². The number of rotatable bonds is 3. The molecule has 0 bridgehead atoms. The Morgan fingerprint density at radius 1 is 0.850 bits per heavy atom. The van der Waals surface area contributed by atoms with Crippen LogP contribution in [-0.2, 0) is 9.47 Å². The van der Waals surface area contributed by atoms with Crippen LogP contribution in [-0.4, -0.2) is 24.4 Å². The van der Waals surface area contributed by atoms with Gasteiger partial charge in [0, 0.05) is 0 Å². The monoisotopic (exact) mass is 270 g/mol. The van der Waals surface area contributed by atoms with Gasteiger partial charge in [-0.1, -0.05) is 60.7 Å². The average molecular weight is 270 g/mol. The second-order valence-corrected chi connectivity index (χ2v) is 4.94. The highest BCUT2D eigenvalue weighted by Crippen LogP contribution is 2.39. The van der Waals surface area contributed by atoms with Crippen molar-refractivity contribution in [1.82, 2.24) is 0 Å². The van der Waals surface area contributed by atoms with Crippen molar-refractivity contribution in [3.05, 3.63) is 71.8 Å². The first-order chi connectivity index (χ1) is 9.88. The van der Waals surface area contributed by atoms with Crippen LogP contribution in [0.2, 0.25) is 0 Å². The van der Waals surface area contributed by atoms with Crippen molar-refractivity contribution in [3.8, 4) is 0 Å². The summed E-state index contributed by atoms with van der Waals surface area (Å²) in [5.74, 6) is 0. The van der Waals surface area contributed by atoms with E-state index in [1.807, 2.05) is 60.7 Å². The SMILES string of the molecule is OC[C@@H]1CO[C@H](c2ccccc2)[C@@H](c2ccccc2)O1. The van der Waals surface area contributed by atoms with Gasteiger partial charge in [-0.2, -0.15) is 0 Å². The van der Waals surface area contributed by atoms with Gasteiger partial charge < -0.3 is 14.6 Å². The molecule has 3 heteroatoms. The maximum absolute atomic E-state index is 9.31. The Kier molecular flexibility index (Phi) is 4.11. The first-order valence-electron chi connectivity index (χ1n) is 6.86. The highest BCUT2D eigenvalue weighted by atomic mass is 16.6. The Bertz CT molecular complexity index is 526. The third-order valence-corrected chi connectivity index (χ3v) is 3.54. The lowest BCUT2D eigenvalue weighted by Crippen LogP contribution is -2.36. The van der Waals surface area contributed by atoms with Crippen molar-refractivity contribution >= 4 is 0 Å². The largest absolute Gasteiger partial charge is 0.394 e. The molecule has 1 saturated heterocycles. The minimum Gasteiger partial charge on any atom is -0.394 e. The minimum atomic E-state index is -0.264. The van der Waals surface area contributed by atoms with Crippen molar-refractivity contribution in [3.63, 3.8) is 0 Å². The maximum Gasteiger partial charge on any atom is 0.113 e. The molecule has 1 N–H and O–H groups in total. The predicted molar refractivity (Wildman–Crippen MR) is 76.3 cm³/mol. The van der Waals surface area contributed by atoms with E-state index in [0.717, 1.165) is 11.1 Å². The molecule has 0 aliphatic carbocycles. The molecule has 2 aromatic rings. The number of benzene rings is 2. The molecular weight excluding hydrogens is 252 g/mol. The van der Waals surface area contributed by atoms with Gasteiger partial charge in [0.25, 0.3) is 0 Å². The normalized spacial score (nSPS) is 26.4. The topological polar surface area (TPSA) is 38.7 Å². The van der Waals surface area contributed by atoms with Crippen LogP contribution in [0.4, 0.5) is 0 Å². The summed E-state index contributed by atoms with van der Waals surface area (Å²) >= 11 is 0. The zero-order valence-corrected chi connectivity index (χ0v) is 11.2. The quantitative estimate of drug-likeness (QED) is 0.932. The van der Waals surface area contributed by atoms with Crippen molar-refractivity contribution in [2.75, 3.05) is 13.2 Å². The number of aliphatic hydroxyl groups excluding tert-OH is 1. The molecule has 0 saturated carbocycles. The molecule has 1 fully saturated rings. The standard InChI is InChI=1S/C17H18O3/c18-11-15-12-19-16(13-7-3-1-4-8-13)17(20-15)14-9-5-2-6-10-14/h1-10,15-18H,11-12H2/t15-,16-,17-/m1/s1. The first-order valence-corrected chi connectivity index (χ1v) is 6.86. The zero-order valence-electron chi connectivity index (χ0n) is 11.2. The van der Waals surface area contributed by atoms with Crippen LogP contribution in [0.25, 0.3) is 0 Å². The summed E-state index contributed by atoms with van der Waals surface area (Å²) in [6, 6.07) is 20.1. The number of hydrogen-bond donors (Lipinski definition) is 1. The van der Waals surface area contributed by atoms with Crippen molar-refractivity contribution in [2.24, 2.45) is 0 Å². The number of hydrogen-bond acceptors (Lipinski definition) is 3. The molecule has 3 rings (SSSR count). The molecule has 2 aromatic carbocycles. The first kappa shape index (κ1) is 13.3. The molecule has 104 valence electrons. The van der Waals surface area contributed by atoms with E-state index >= 15 is 0 Å². The lowest BCUT2D eigenvalue weighted by atomic mass is 9.97. The fraction of sp³-hybridized carbons (Fsp3) is 0.294. The van der Waals surface area contributed by atoms with Gasteiger partial charge in [0.2, 0.25) is 0 Å². The van der Waals surface area contributed by atoms with Crippen molar-refractivity contribution < 1.29 is 14.6 Å². The van der Waals surface area contributed by atoms with E-state index in [9.17, 15) is 5.11 Å². The number of ether oxygens (including phenoxy) is 2. The van der Waals surface area contributed by atoms with E-state index in [0.29, 0.717) is 6.61 Å². The highest BCUT2D eigenvalue weighted by molar-refractivity contribution is 5.25. The molecule has 1 heterocycles. The van der Waals surface area contributed by atoms with E-state index < -0.39 is 0 Å². The van der Waals surface area contributed by atoms with Gasteiger partial charge in [0.15, 0.2) is 0 Å². The summed E-state index contributed by atoms with van der Waals surface area (Å²) < 4.78 is 12.0. The molecule has 0 unspecified atom stereocenters. The van der Waals surface area contributed by atoms with Gasteiger partial charge >= 0.3 is 0 Å². The molecular formula is C17H18O3. The fourth-order valence-corrected chi connectivity index (χ4v) is 2.52. The van der Waals surface area contributed by atoms with Gasteiger partial charge in [0.05, 0.1) is 13.2 Å². The van der Waals surface area contributed by atoms with E-state index in [1.165, 1.54) is 0 Å². The summed E-state index contributed by atoms with van der Waals surface area (Å²) in [6.45, 7) is 0.393. The minimum absolute atomic E-state index is 0.0230. The molecule has 0 spiro atoms. The number of aliphatic hydroxyl groups is 1. The fourth-order valence-electron chi connectivity index (χ4n) is 2.52. The molecule has 3 nitrogen and oxygen atoms in total. The van der Waals surface area contributed by atoms with Crippen LogP contribution in [0, 0.1) is 0 Å². The second-order valence-electron chi connectivity index (χ2n) is 4.94. The molecule has 0 radical (unpaired) electrons. The third kappa shape index (κ3) is 2.75. The van der Waals surface area contributed by atoms with Crippen LogP contribution < -0.4 is 0 Å². The molecule has 0 aromatic heterocycles. The summed E-state index contributed by atoms with van der Waals surface area (Å²) in [5.41, 5.74) is 2.16. The highest BCUT2D eigenvalue weighted by Gasteiger charge is 2.33. The van der Waals surface area contributed by atoms with Crippen molar-refractivity contribution in [2.45, 2.75) is 18.3 Å². The second kappa shape index (κ2) is 6.18. The summed E-state index contributed by atoms with van der Waals surface area (Å²) in [7, 11) is 0. The van der Waals surface area contributed by atoms with E-state index in [4.69, 9.17) is 9.47 Å². The van der Waals surface area contributed by atoms with Crippen molar-refractivity contribution in [1.29, 1.82) is 0 Å². The van der Waals surface area contributed by atoms with Gasteiger partial charge in [0.1, 0.15) is 18.3 Å². The molecule has 1 aliphatic heterocycles. The van der Waals surface area contributed by atoms with Gasteiger partial charge in [-0.15, -0.1) is 0 Å². The molecule has 0 amide bonds. The summed E-state index contributed by atoms with van der Waals surface area (Å²) in [6.07, 6.45) is -0.592. The Hall–Kier alpha value is -1.68. The smallest absolute Gasteiger partial charge is 0.113 e.